The van der Waals surface area contributed by atoms with Crippen LogP contribution in [-0.4, -0.2) is 43.9 Å². The predicted octanol–water partition coefficient (Wildman–Crippen LogP) is 0.793. The summed E-state index contributed by atoms with van der Waals surface area (Å²) in [7, 11) is 0. The molecule has 5 nitrogen and oxygen atoms in total. The van der Waals surface area contributed by atoms with E-state index in [-0.39, 0.29) is 12.6 Å². The summed E-state index contributed by atoms with van der Waals surface area (Å²) >= 11 is 0. The van der Waals surface area contributed by atoms with E-state index in [4.69, 9.17) is 9.47 Å². The van der Waals surface area contributed by atoms with Crippen LogP contribution in [-0.2, 0) is 20.7 Å². The van der Waals surface area contributed by atoms with E-state index in [2.05, 4.69) is 10.3 Å². The average Bonchev–Trinajstić information content (AvgIpc) is 2.39. The van der Waals surface area contributed by atoms with E-state index in [0.717, 1.165) is 19.5 Å². The third-order valence-corrected chi connectivity index (χ3v) is 2.29. The second kappa shape index (κ2) is 9.56. The van der Waals surface area contributed by atoms with Crippen molar-refractivity contribution in [2.24, 2.45) is 0 Å². The number of hydrogen-bond acceptors (Lipinski definition) is 5. The smallest absolute Gasteiger partial charge is 0.332 e. The van der Waals surface area contributed by atoms with Gasteiger partial charge in [-0.1, -0.05) is 0 Å². The van der Waals surface area contributed by atoms with Gasteiger partial charge in [0.25, 0.3) is 0 Å². The number of rotatable bonds is 9. The first-order chi connectivity index (χ1) is 8.83. The lowest BCUT2D eigenvalue weighted by atomic mass is 10.2. The van der Waals surface area contributed by atoms with Crippen molar-refractivity contribution in [3.8, 4) is 0 Å². The molecule has 0 saturated carbocycles. The van der Waals surface area contributed by atoms with Gasteiger partial charge in [0.05, 0.1) is 13.2 Å². The number of nitrogens with zero attached hydrogens (tertiary/aromatic N) is 1. The lowest BCUT2D eigenvalue weighted by Crippen LogP contribution is -2.24. The number of pyridine rings is 1. The molecule has 0 aromatic carbocycles. The van der Waals surface area contributed by atoms with Crippen molar-refractivity contribution in [2.75, 3.05) is 32.9 Å². The van der Waals surface area contributed by atoms with Crippen LogP contribution in [0.1, 0.15) is 12.5 Å². The van der Waals surface area contributed by atoms with E-state index >= 15 is 0 Å². The highest BCUT2D eigenvalue weighted by atomic mass is 16.6. The maximum absolute atomic E-state index is 10.9. The van der Waals surface area contributed by atoms with Crippen LogP contribution in [0.25, 0.3) is 0 Å². The van der Waals surface area contributed by atoms with Crippen LogP contribution in [0, 0.1) is 0 Å². The highest BCUT2D eigenvalue weighted by molar-refractivity contribution is 5.70. The first kappa shape index (κ1) is 14.6. The Balaban J connectivity index is 1.92. The molecule has 0 aliphatic carbocycles. The third kappa shape index (κ3) is 6.98. The van der Waals surface area contributed by atoms with Crippen molar-refractivity contribution in [1.82, 2.24) is 10.3 Å². The number of esters is 1. The zero-order valence-corrected chi connectivity index (χ0v) is 10.7. The van der Waals surface area contributed by atoms with E-state index in [9.17, 15) is 4.79 Å². The molecule has 0 bridgehead atoms. The largest absolute Gasteiger partial charge is 0.464 e. The van der Waals surface area contributed by atoms with Gasteiger partial charge in [0.1, 0.15) is 6.61 Å². The highest BCUT2D eigenvalue weighted by Gasteiger charge is 2.00. The SMILES string of the molecule is CCOC(=O)COCCNCCc1ccncc1. The molecule has 0 aliphatic rings. The first-order valence-corrected chi connectivity index (χ1v) is 6.16. The Hall–Kier alpha value is -1.46. The van der Waals surface area contributed by atoms with Gasteiger partial charge in [0.15, 0.2) is 0 Å². The molecular formula is C13H20N2O3. The number of ether oxygens (including phenoxy) is 2. The molecule has 0 saturated heterocycles. The Bertz CT molecular complexity index is 330. The molecule has 0 amide bonds. The fourth-order valence-corrected chi connectivity index (χ4v) is 1.41. The van der Waals surface area contributed by atoms with Gasteiger partial charge >= 0.3 is 5.97 Å². The summed E-state index contributed by atoms with van der Waals surface area (Å²) in [5, 5.41) is 3.24. The number of nitrogens with one attached hydrogen (secondary N) is 1. The average molecular weight is 252 g/mol. The molecule has 1 aromatic rings. The Morgan fingerprint density at radius 1 is 1.33 bits per heavy atom. The molecule has 1 N–H and O–H groups in total. The number of carbonyl (C=O) groups is 1. The summed E-state index contributed by atoms with van der Waals surface area (Å²) in [6, 6.07) is 4.00. The maximum atomic E-state index is 10.9. The molecule has 1 rings (SSSR count). The standard InChI is InChI=1S/C13H20N2O3/c1-2-18-13(16)11-17-10-9-15-8-5-12-3-6-14-7-4-12/h3-4,6-7,15H,2,5,8-11H2,1H3. The van der Waals surface area contributed by atoms with Gasteiger partial charge in [-0.3, -0.25) is 4.98 Å². The lowest BCUT2D eigenvalue weighted by molar-refractivity contribution is -0.148. The number of hydrogen-bond donors (Lipinski definition) is 1. The zero-order valence-electron chi connectivity index (χ0n) is 10.7. The summed E-state index contributed by atoms with van der Waals surface area (Å²) in [5.41, 5.74) is 1.25. The summed E-state index contributed by atoms with van der Waals surface area (Å²) in [5.74, 6) is -0.311. The lowest BCUT2D eigenvalue weighted by Gasteiger charge is -2.06. The molecule has 0 aliphatic heterocycles. The van der Waals surface area contributed by atoms with Gasteiger partial charge in [0.2, 0.25) is 0 Å². The van der Waals surface area contributed by atoms with E-state index in [1.807, 2.05) is 12.1 Å². The molecule has 1 aromatic heterocycles. The minimum absolute atomic E-state index is 0.0277. The zero-order chi connectivity index (χ0) is 13.1. The normalized spacial score (nSPS) is 10.3. The van der Waals surface area contributed by atoms with Crippen molar-refractivity contribution >= 4 is 5.97 Å². The Kier molecular flexibility index (Phi) is 7.75. The minimum atomic E-state index is -0.311. The second-order valence-electron chi connectivity index (χ2n) is 3.71. The van der Waals surface area contributed by atoms with Crippen LogP contribution in [0.3, 0.4) is 0 Å². The summed E-state index contributed by atoms with van der Waals surface area (Å²) in [6.45, 7) is 4.32. The van der Waals surface area contributed by atoms with Gasteiger partial charge in [-0.2, -0.15) is 0 Å². The molecule has 0 radical (unpaired) electrons. The molecule has 0 fully saturated rings. The Morgan fingerprint density at radius 3 is 2.83 bits per heavy atom. The van der Waals surface area contributed by atoms with Crippen molar-refractivity contribution in [3.63, 3.8) is 0 Å². The van der Waals surface area contributed by atoms with Gasteiger partial charge < -0.3 is 14.8 Å². The second-order valence-corrected chi connectivity index (χ2v) is 3.71. The van der Waals surface area contributed by atoms with Crippen LogP contribution >= 0.6 is 0 Å². The summed E-state index contributed by atoms with van der Waals surface area (Å²) in [6.07, 6.45) is 4.54. The monoisotopic (exact) mass is 252 g/mol. The molecular weight excluding hydrogens is 232 g/mol. The first-order valence-electron chi connectivity index (χ1n) is 6.16. The maximum Gasteiger partial charge on any atom is 0.332 e. The van der Waals surface area contributed by atoms with Gasteiger partial charge in [0, 0.05) is 18.9 Å². The highest BCUT2D eigenvalue weighted by Crippen LogP contribution is 1.95. The summed E-state index contributed by atoms with van der Waals surface area (Å²) < 4.78 is 9.89. The van der Waals surface area contributed by atoms with Crippen molar-refractivity contribution in [1.29, 1.82) is 0 Å². The quantitative estimate of drug-likeness (QED) is 0.520. The van der Waals surface area contributed by atoms with Crippen LogP contribution in [0.4, 0.5) is 0 Å². The van der Waals surface area contributed by atoms with Crippen molar-refractivity contribution in [2.45, 2.75) is 13.3 Å². The van der Waals surface area contributed by atoms with E-state index in [1.54, 1.807) is 19.3 Å². The number of aromatic nitrogens is 1. The van der Waals surface area contributed by atoms with Crippen molar-refractivity contribution in [3.05, 3.63) is 30.1 Å². The molecule has 18 heavy (non-hydrogen) atoms. The van der Waals surface area contributed by atoms with E-state index < -0.39 is 0 Å². The topological polar surface area (TPSA) is 60.5 Å². The Labute approximate surface area is 108 Å². The third-order valence-electron chi connectivity index (χ3n) is 2.29. The fraction of sp³-hybridized carbons (Fsp3) is 0.538. The fourth-order valence-electron chi connectivity index (χ4n) is 1.41. The van der Waals surface area contributed by atoms with Crippen LogP contribution in [0.15, 0.2) is 24.5 Å². The van der Waals surface area contributed by atoms with E-state index in [1.165, 1.54) is 5.56 Å². The molecule has 100 valence electrons. The van der Waals surface area contributed by atoms with Crippen molar-refractivity contribution < 1.29 is 14.3 Å². The van der Waals surface area contributed by atoms with E-state index in [0.29, 0.717) is 13.2 Å². The predicted molar refractivity (Wildman–Crippen MR) is 68.3 cm³/mol. The molecule has 0 atom stereocenters. The molecule has 0 spiro atoms. The molecule has 5 heteroatoms. The van der Waals surface area contributed by atoms with Gasteiger partial charge in [-0.25, -0.2) is 4.79 Å². The van der Waals surface area contributed by atoms with Crippen LogP contribution < -0.4 is 5.32 Å². The van der Waals surface area contributed by atoms with Crippen LogP contribution in [0.2, 0.25) is 0 Å². The molecule has 1 heterocycles. The minimum Gasteiger partial charge on any atom is -0.464 e. The molecule has 0 unspecified atom stereocenters. The van der Waals surface area contributed by atoms with Gasteiger partial charge in [-0.15, -0.1) is 0 Å². The number of carbonyl (C=O) groups excluding carboxylic acids is 1. The van der Waals surface area contributed by atoms with Gasteiger partial charge in [-0.05, 0) is 37.6 Å². The summed E-state index contributed by atoms with van der Waals surface area (Å²) in [4.78, 5) is 14.9. The van der Waals surface area contributed by atoms with Crippen LogP contribution in [0.5, 0.6) is 0 Å². The Morgan fingerprint density at radius 2 is 2.11 bits per heavy atom.